The Kier molecular flexibility index (Phi) is 5.21. The van der Waals surface area contributed by atoms with Crippen LogP contribution >= 0.6 is 0 Å². The van der Waals surface area contributed by atoms with Gasteiger partial charge >= 0.3 is 17.6 Å². The van der Waals surface area contributed by atoms with Crippen LogP contribution in [-0.4, -0.2) is 31.9 Å². The third-order valence-electron chi connectivity index (χ3n) is 3.88. The summed E-state index contributed by atoms with van der Waals surface area (Å²) >= 11 is 0. The number of benzene rings is 2. The van der Waals surface area contributed by atoms with Crippen molar-refractivity contribution in [1.29, 1.82) is 0 Å². The van der Waals surface area contributed by atoms with Gasteiger partial charge in [-0.15, -0.1) is 0 Å². The van der Waals surface area contributed by atoms with Gasteiger partial charge in [0.15, 0.2) is 11.5 Å². The van der Waals surface area contributed by atoms with E-state index in [1.807, 2.05) is 0 Å². The van der Waals surface area contributed by atoms with Gasteiger partial charge in [-0.05, 0) is 30.3 Å². The Morgan fingerprint density at radius 1 is 0.893 bits per heavy atom. The topological polar surface area (TPSA) is 109 Å². The Labute approximate surface area is 158 Å². The molecule has 2 aromatic carbocycles. The van der Waals surface area contributed by atoms with E-state index in [-0.39, 0.29) is 16.9 Å². The van der Waals surface area contributed by atoms with Crippen LogP contribution in [0.4, 0.5) is 0 Å². The van der Waals surface area contributed by atoms with Gasteiger partial charge in [-0.1, -0.05) is 18.2 Å². The van der Waals surface area contributed by atoms with Gasteiger partial charge in [-0.25, -0.2) is 14.4 Å². The number of para-hydroxylation sites is 1. The number of hydrogen-bond donors (Lipinski definition) is 0. The van der Waals surface area contributed by atoms with Gasteiger partial charge in [0, 0.05) is 10.9 Å². The maximum Gasteiger partial charge on any atom is 0.387 e. The smallest absolute Gasteiger partial charge is 0.387 e. The number of carbonyl (C=O) groups is 3. The molecule has 8 nitrogen and oxygen atoms in total. The standard InChI is InChI=1S/C20H14O8/c1-25-15-8-7-12(10-16(15)26-2)17(21)20(24)28-19(23)13-9-11-5-3-4-6-14(11)27-18(13)22/h3-10H,1-2H3. The Morgan fingerprint density at radius 2 is 1.61 bits per heavy atom. The molecule has 0 aliphatic heterocycles. The highest BCUT2D eigenvalue weighted by Crippen LogP contribution is 2.27. The second-order valence-corrected chi connectivity index (χ2v) is 5.56. The Balaban J connectivity index is 1.83. The van der Waals surface area contributed by atoms with Crippen molar-refractivity contribution in [3.8, 4) is 11.5 Å². The van der Waals surface area contributed by atoms with E-state index in [2.05, 4.69) is 4.74 Å². The number of esters is 2. The lowest BCUT2D eigenvalue weighted by molar-refractivity contribution is -0.132. The molecule has 0 spiro atoms. The van der Waals surface area contributed by atoms with E-state index in [1.165, 1.54) is 38.5 Å². The second-order valence-electron chi connectivity index (χ2n) is 5.56. The molecule has 0 amide bonds. The number of fused-ring (bicyclic) bond motifs is 1. The Hall–Kier alpha value is -3.94. The fourth-order valence-corrected chi connectivity index (χ4v) is 2.49. The lowest BCUT2D eigenvalue weighted by atomic mass is 10.1. The number of ether oxygens (including phenoxy) is 3. The molecule has 1 aromatic heterocycles. The predicted molar refractivity (Wildman–Crippen MR) is 96.8 cm³/mol. The number of ketones is 1. The van der Waals surface area contributed by atoms with Gasteiger partial charge in [0.25, 0.3) is 5.78 Å². The fourth-order valence-electron chi connectivity index (χ4n) is 2.49. The molecule has 0 fully saturated rings. The van der Waals surface area contributed by atoms with Gasteiger partial charge in [0.1, 0.15) is 11.1 Å². The molecular formula is C20H14O8. The number of hydrogen-bond acceptors (Lipinski definition) is 8. The average molecular weight is 382 g/mol. The number of carbonyl (C=O) groups excluding carboxylic acids is 3. The van der Waals surface area contributed by atoms with Crippen LogP contribution in [0.1, 0.15) is 20.7 Å². The Bertz CT molecular complexity index is 1140. The van der Waals surface area contributed by atoms with E-state index in [0.717, 1.165) is 0 Å². The van der Waals surface area contributed by atoms with Gasteiger partial charge in [0.05, 0.1) is 14.2 Å². The van der Waals surface area contributed by atoms with Gasteiger partial charge < -0.3 is 18.6 Å². The van der Waals surface area contributed by atoms with Crippen LogP contribution < -0.4 is 15.1 Å². The first-order chi connectivity index (χ1) is 13.4. The summed E-state index contributed by atoms with van der Waals surface area (Å²) in [5.41, 5.74) is -1.26. The lowest BCUT2D eigenvalue weighted by Gasteiger charge is -2.08. The molecule has 0 radical (unpaired) electrons. The summed E-state index contributed by atoms with van der Waals surface area (Å²) in [6, 6.07) is 11.8. The molecule has 0 N–H and O–H groups in total. The molecule has 8 heteroatoms. The molecule has 0 unspecified atom stereocenters. The summed E-state index contributed by atoms with van der Waals surface area (Å²) in [4.78, 5) is 48.4. The summed E-state index contributed by atoms with van der Waals surface area (Å²) in [6.45, 7) is 0. The van der Waals surface area contributed by atoms with E-state index < -0.39 is 28.9 Å². The molecule has 0 aliphatic rings. The van der Waals surface area contributed by atoms with Crippen molar-refractivity contribution in [2.24, 2.45) is 0 Å². The molecular weight excluding hydrogens is 368 g/mol. The third kappa shape index (κ3) is 3.61. The Morgan fingerprint density at radius 3 is 2.32 bits per heavy atom. The molecule has 0 saturated carbocycles. The molecule has 142 valence electrons. The highest BCUT2D eigenvalue weighted by Gasteiger charge is 2.25. The SMILES string of the molecule is COc1ccc(C(=O)C(=O)OC(=O)c2cc3ccccc3oc2=O)cc1OC. The highest BCUT2D eigenvalue weighted by molar-refractivity contribution is 6.42. The van der Waals surface area contributed by atoms with Gasteiger partial charge in [-0.2, -0.15) is 0 Å². The molecule has 3 rings (SSSR count). The van der Waals surface area contributed by atoms with Crippen molar-refractivity contribution in [2.75, 3.05) is 14.2 Å². The number of methoxy groups -OCH3 is 2. The van der Waals surface area contributed by atoms with Crippen molar-refractivity contribution >= 4 is 28.7 Å². The van der Waals surface area contributed by atoms with E-state index in [0.29, 0.717) is 11.1 Å². The first-order valence-electron chi connectivity index (χ1n) is 8.00. The van der Waals surface area contributed by atoms with Crippen molar-refractivity contribution in [1.82, 2.24) is 0 Å². The normalized spacial score (nSPS) is 10.4. The second kappa shape index (κ2) is 7.75. The zero-order valence-electron chi connectivity index (χ0n) is 14.9. The number of Topliss-reactive ketones (excluding diaryl/α,β-unsaturated/α-hetero) is 1. The average Bonchev–Trinajstić information content (AvgIpc) is 2.71. The maximum absolute atomic E-state index is 12.3. The zero-order valence-corrected chi connectivity index (χ0v) is 14.9. The van der Waals surface area contributed by atoms with Gasteiger partial charge in [0.2, 0.25) is 0 Å². The highest BCUT2D eigenvalue weighted by atomic mass is 16.6. The summed E-state index contributed by atoms with van der Waals surface area (Å²) in [7, 11) is 2.79. The summed E-state index contributed by atoms with van der Waals surface area (Å²) in [5, 5.41) is 0.465. The molecule has 0 bridgehead atoms. The molecule has 0 saturated heterocycles. The van der Waals surface area contributed by atoms with Crippen LogP contribution in [0.5, 0.6) is 11.5 Å². The fraction of sp³-hybridized carbons (Fsp3) is 0.100. The molecule has 0 atom stereocenters. The zero-order chi connectivity index (χ0) is 20.3. The van der Waals surface area contributed by atoms with Crippen LogP contribution in [0.2, 0.25) is 0 Å². The first kappa shape index (κ1) is 18.8. The lowest BCUT2D eigenvalue weighted by Crippen LogP contribution is -2.24. The molecule has 1 heterocycles. The minimum Gasteiger partial charge on any atom is -0.493 e. The third-order valence-corrected chi connectivity index (χ3v) is 3.88. The molecule has 0 aliphatic carbocycles. The minimum atomic E-state index is -1.44. The van der Waals surface area contributed by atoms with Crippen LogP contribution in [0, 0.1) is 0 Å². The van der Waals surface area contributed by atoms with Crippen molar-refractivity contribution < 1.29 is 33.0 Å². The summed E-state index contributed by atoms with van der Waals surface area (Å²) < 4.78 is 19.7. The van der Waals surface area contributed by atoms with E-state index in [4.69, 9.17) is 13.9 Å². The monoisotopic (exact) mass is 382 g/mol. The predicted octanol–water partition coefficient (Wildman–Crippen LogP) is 2.38. The van der Waals surface area contributed by atoms with Crippen LogP contribution in [0.3, 0.4) is 0 Å². The van der Waals surface area contributed by atoms with E-state index >= 15 is 0 Å². The molecule has 3 aromatic rings. The number of rotatable bonds is 5. The van der Waals surface area contributed by atoms with E-state index in [1.54, 1.807) is 24.3 Å². The quantitative estimate of drug-likeness (QED) is 0.218. The minimum absolute atomic E-state index is 0.0685. The van der Waals surface area contributed by atoms with E-state index in [9.17, 15) is 19.2 Å². The van der Waals surface area contributed by atoms with Crippen molar-refractivity contribution in [3.63, 3.8) is 0 Å². The summed E-state index contributed by atoms with van der Waals surface area (Å²) in [5.74, 6) is -3.22. The first-order valence-corrected chi connectivity index (χ1v) is 8.00. The van der Waals surface area contributed by atoms with Crippen LogP contribution in [0.15, 0.2) is 57.7 Å². The van der Waals surface area contributed by atoms with Crippen molar-refractivity contribution in [3.05, 3.63) is 70.1 Å². The molecule has 28 heavy (non-hydrogen) atoms. The maximum atomic E-state index is 12.3. The van der Waals surface area contributed by atoms with Gasteiger partial charge in [-0.3, -0.25) is 4.79 Å². The van der Waals surface area contributed by atoms with Crippen LogP contribution in [0.25, 0.3) is 11.0 Å². The van der Waals surface area contributed by atoms with Crippen LogP contribution in [-0.2, 0) is 9.53 Å². The van der Waals surface area contributed by atoms with Crippen molar-refractivity contribution in [2.45, 2.75) is 0 Å². The summed E-state index contributed by atoms with van der Waals surface area (Å²) in [6.07, 6.45) is 0. The largest absolute Gasteiger partial charge is 0.493 e.